The summed E-state index contributed by atoms with van der Waals surface area (Å²) in [5.74, 6) is 1.37. The van der Waals surface area contributed by atoms with E-state index >= 15 is 0 Å². The zero-order valence-corrected chi connectivity index (χ0v) is 17.2. The Kier molecular flexibility index (Phi) is 5.59. The molecule has 0 aliphatic rings. The van der Waals surface area contributed by atoms with Crippen molar-refractivity contribution in [2.75, 3.05) is 19.5 Å². The Bertz CT molecular complexity index is 1210. The number of nitrogens with one attached hydrogen (secondary N) is 1. The van der Waals surface area contributed by atoms with Gasteiger partial charge in [0.1, 0.15) is 22.2 Å². The maximum Gasteiger partial charge on any atom is 0.416 e. The summed E-state index contributed by atoms with van der Waals surface area (Å²) in [4.78, 5) is 8.74. The lowest BCUT2D eigenvalue weighted by atomic mass is 10.1. The van der Waals surface area contributed by atoms with Crippen LogP contribution in [0.4, 0.5) is 19.1 Å². The molecule has 4 rings (SSSR count). The molecule has 0 radical (unpaired) electrons. The van der Waals surface area contributed by atoms with E-state index in [1.54, 1.807) is 32.4 Å². The Morgan fingerprint density at radius 2 is 1.77 bits per heavy atom. The van der Waals surface area contributed by atoms with E-state index in [0.29, 0.717) is 38.0 Å². The summed E-state index contributed by atoms with van der Waals surface area (Å²) < 4.78 is 50.2. The Balaban J connectivity index is 1.57. The van der Waals surface area contributed by atoms with Gasteiger partial charge in [-0.1, -0.05) is 6.07 Å². The van der Waals surface area contributed by atoms with E-state index < -0.39 is 11.7 Å². The first-order chi connectivity index (χ1) is 14.9. The number of ether oxygens (including phenoxy) is 2. The number of methoxy groups -OCH3 is 2. The van der Waals surface area contributed by atoms with Crippen LogP contribution in [0.5, 0.6) is 11.5 Å². The quantitative estimate of drug-likeness (QED) is 0.455. The van der Waals surface area contributed by atoms with Crippen molar-refractivity contribution in [2.24, 2.45) is 0 Å². The number of thiazole rings is 1. The second kappa shape index (κ2) is 8.34. The van der Waals surface area contributed by atoms with Crippen LogP contribution in [0.3, 0.4) is 0 Å². The van der Waals surface area contributed by atoms with E-state index in [-0.39, 0.29) is 12.5 Å². The summed E-state index contributed by atoms with van der Waals surface area (Å²) in [7, 11) is 3.09. The van der Waals surface area contributed by atoms with Crippen molar-refractivity contribution in [3.63, 3.8) is 0 Å². The first-order valence-corrected chi connectivity index (χ1v) is 9.82. The van der Waals surface area contributed by atoms with Crippen LogP contribution in [0.1, 0.15) is 10.6 Å². The molecule has 0 saturated carbocycles. The Morgan fingerprint density at radius 3 is 2.45 bits per heavy atom. The minimum Gasteiger partial charge on any atom is -0.496 e. The monoisotopic (exact) mass is 447 g/mol. The van der Waals surface area contributed by atoms with Crippen molar-refractivity contribution < 1.29 is 22.6 Å². The standard InChI is InChI=1S/C20H16F3N5O2S/c1-29-14-4-3-5-15(30-2)18(14)13-9-25-28-19(27-13)24-10-17-26-12-8-11(20(21,22)23)6-7-16(12)31-17/h3-9H,10H2,1-2H3,(H,24,27,28). The van der Waals surface area contributed by atoms with Gasteiger partial charge in [-0.15, -0.1) is 16.4 Å². The number of rotatable bonds is 6. The molecule has 0 fully saturated rings. The van der Waals surface area contributed by atoms with Crippen LogP contribution in [-0.2, 0) is 12.7 Å². The second-order valence-corrected chi connectivity index (χ2v) is 7.46. The van der Waals surface area contributed by atoms with Gasteiger partial charge in [-0.2, -0.15) is 18.3 Å². The predicted molar refractivity (Wildman–Crippen MR) is 110 cm³/mol. The molecule has 0 aliphatic carbocycles. The highest BCUT2D eigenvalue weighted by atomic mass is 32.1. The molecular formula is C20H16F3N5O2S. The highest BCUT2D eigenvalue weighted by Gasteiger charge is 2.30. The summed E-state index contributed by atoms with van der Waals surface area (Å²) in [5.41, 5.74) is 0.690. The van der Waals surface area contributed by atoms with Gasteiger partial charge in [-0.3, -0.25) is 0 Å². The molecule has 0 aliphatic heterocycles. The van der Waals surface area contributed by atoms with Crippen molar-refractivity contribution in [3.8, 4) is 22.8 Å². The fraction of sp³-hybridized carbons (Fsp3) is 0.200. The summed E-state index contributed by atoms with van der Waals surface area (Å²) in [6, 6.07) is 8.88. The number of aromatic nitrogens is 4. The van der Waals surface area contributed by atoms with Crippen LogP contribution in [0.25, 0.3) is 21.5 Å². The second-order valence-electron chi connectivity index (χ2n) is 6.34. The summed E-state index contributed by atoms with van der Waals surface area (Å²) >= 11 is 1.29. The van der Waals surface area contributed by atoms with Crippen LogP contribution < -0.4 is 14.8 Å². The number of hydrogen-bond acceptors (Lipinski definition) is 8. The lowest BCUT2D eigenvalue weighted by Crippen LogP contribution is -2.06. The molecule has 0 saturated heterocycles. The fourth-order valence-corrected chi connectivity index (χ4v) is 3.87. The minimum atomic E-state index is -4.41. The zero-order chi connectivity index (χ0) is 22.0. The number of nitrogens with zero attached hydrogens (tertiary/aromatic N) is 4. The van der Waals surface area contributed by atoms with E-state index in [9.17, 15) is 13.2 Å². The van der Waals surface area contributed by atoms with Gasteiger partial charge in [0.05, 0.1) is 48.3 Å². The maximum absolute atomic E-state index is 12.9. The number of alkyl halides is 3. The molecule has 2 aromatic heterocycles. The number of hydrogen-bond donors (Lipinski definition) is 1. The largest absolute Gasteiger partial charge is 0.496 e. The molecule has 31 heavy (non-hydrogen) atoms. The fourth-order valence-electron chi connectivity index (χ4n) is 2.98. The summed E-state index contributed by atoms with van der Waals surface area (Å²) in [6.45, 7) is 0.231. The van der Waals surface area contributed by atoms with Gasteiger partial charge < -0.3 is 14.8 Å². The van der Waals surface area contributed by atoms with Crippen molar-refractivity contribution >= 4 is 27.5 Å². The van der Waals surface area contributed by atoms with E-state index in [2.05, 4.69) is 25.5 Å². The molecule has 2 aromatic carbocycles. The Hall–Kier alpha value is -3.47. The van der Waals surface area contributed by atoms with Gasteiger partial charge in [-0.25, -0.2) is 9.97 Å². The first-order valence-electron chi connectivity index (χ1n) is 9.00. The number of fused-ring (bicyclic) bond motifs is 1. The Morgan fingerprint density at radius 1 is 1.03 bits per heavy atom. The van der Waals surface area contributed by atoms with Gasteiger partial charge in [0.15, 0.2) is 0 Å². The zero-order valence-electron chi connectivity index (χ0n) is 16.4. The van der Waals surface area contributed by atoms with E-state index in [1.165, 1.54) is 23.6 Å². The van der Waals surface area contributed by atoms with Crippen molar-refractivity contribution in [3.05, 3.63) is 53.2 Å². The molecule has 0 spiro atoms. The minimum absolute atomic E-state index is 0.231. The van der Waals surface area contributed by atoms with Gasteiger partial charge in [0.2, 0.25) is 5.95 Å². The van der Waals surface area contributed by atoms with Crippen molar-refractivity contribution in [1.29, 1.82) is 0 Å². The molecule has 0 amide bonds. The molecule has 7 nitrogen and oxygen atoms in total. The van der Waals surface area contributed by atoms with E-state index in [4.69, 9.17) is 9.47 Å². The van der Waals surface area contributed by atoms with Gasteiger partial charge in [0.25, 0.3) is 0 Å². The van der Waals surface area contributed by atoms with Crippen LogP contribution in [0.15, 0.2) is 42.6 Å². The molecule has 2 heterocycles. The molecular weight excluding hydrogens is 431 g/mol. The highest BCUT2D eigenvalue weighted by Crippen LogP contribution is 2.37. The molecule has 0 atom stereocenters. The van der Waals surface area contributed by atoms with Crippen LogP contribution >= 0.6 is 11.3 Å². The topological polar surface area (TPSA) is 82.0 Å². The van der Waals surface area contributed by atoms with Crippen LogP contribution in [0.2, 0.25) is 0 Å². The van der Waals surface area contributed by atoms with Crippen LogP contribution in [0, 0.1) is 0 Å². The number of anilines is 1. The number of halogens is 3. The summed E-state index contributed by atoms with van der Waals surface area (Å²) in [6.07, 6.45) is -2.92. The van der Waals surface area contributed by atoms with E-state index in [1.807, 2.05) is 0 Å². The molecule has 0 bridgehead atoms. The lowest BCUT2D eigenvalue weighted by Gasteiger charge is -2.12. The molecule has 160 valence electrons. The average molecular weight is 447 g/mol. The highest BCUT2D eigenvalue weighted by molar-refractivity contribution is 7.18. The summed E-state index contributed by atoms with van der Waals surface area (Å²) in [5, 5.41) is 11.5. The van der Waals surface area contributed by atoms with E-state index in [0.717, 1.165) is 12.1 Å². The van der Waals surface area contributed by atoms with Crippen LogP contribution in [-0.4, -0.2) is 34.4 Å². The normalized spacial score (nSPS) is 11.5. The SMILES string of the molecule is COc1cccc(OC)c1-c1cnnc(NCc2nc3cc(C(F)(F)F)ccc3s2)n1. The van der Waals surface area contributed by atoms with Gasteiger partial charge in [-0.05, 0) is 30.3 Å². The van der Waals surface area contributed by atoms with Crippen molar-refractivity contribution in [1.82, 2.24) is 20.2 Å². The third-order valence-electron chi connectivity index (χ3n) is 4.40. The first kappa shape index (κ1) is 20.8. The molecule has 11 heteroatoms. The average Bonchev–Trinajstić information content (AvgIpc) is 3.19. The van der Waals surface area contributed by atoms with Crippen molar-refractivity contribution in [2.45, 2.75) is 12.7 Å². The lowest BCUT2D eigenvalue weighted by molar-refractivity contribution is -0.137. The smallest absolute Gasteiger partial charge is 0.416 e. The third kappa shape index (κ3) is 4.36. The van der Waals surface area contributed by atoms with Gasteiger partial charge >= 0.3 is 6.18 Å². The Labute approximate surface area is 178 Å². The molecule has 1 N–H and O–H groups in total. The maximum atomic E-state index is 12.9. The molecule has 0 unspecified atom stereocenters. The number of benzene rings is 2. The molecule has 4 aromatic rings. The van der Waals surface area contributed by atoms with Gasteiger partial charge in [0, 0.05) is 0 Å². The third-order valence-corrected chi connectivity index (χ3v) is 5.44. The predicted octanol–water partition coefficient (Wildman–Crippen LogP) is 4.80.